The molecule has 0 aliphatic heterocycles. The second-order valence-electron chi connectivity index (χ2n) is 3.49. The highest BCUT2D eigenvalue weighted by Gasteiger charge is 2.33. The summed E-state index contributed by atoms with van der Waals surface area (Å²) in [6.07, 6.45) is -2.91. The van der Waals surface area contributed by atoms with Gasteiger partial charge in [0, 0.05) is 24.7 Å². The zero-order chi connectivity index (χ0) is 14.0. The standard InChI is InChI=1S/C9H8F3N5OS/c1-17-3-2-6(16-17)14-7(18)15-8-13-5(4-19-8)9(10,11)12/h2-4H,1H3,(H2,13,14,15,16,18). The minimum absolute atomic E-state index is 0.138. The monoisotopic (exact) mass is 291 g/mol. The Morgan fingerprint density at radius 3 is 2.68 bits per heavy atom. The van der Waals surface area contributed by atoms with Gasteiger partial charge < -0.3 is 0 Å². The fraction of sp³-hybridized carbons (Fsp3) is 0.222. The fourth-order valence-electron chi connectivity index (χ4n) is 1.19. The van der Waals surface area contributed by atoms with E-state index in [1.165, 1.54) is 4.68 Å². The third-order valence-electron chi connectivity index (χ3n) is 1.97. The molecule has 0 aliphatic rings. The molecule has 2 heterocycles. The second kappa shape index (κ2) is 4.88. The molecule has 0 saturated carbocycles. The molecule has 19 heavy (non-hydrogen) atoms. The Morgan fingerprint density at radius 2 is 2.16 bits per heavy atom. The normalized spacial score (nSPS) is 11.4. The highest BCUT2D eigenvalue weighted by molar-refractivity contribution is 7.13. The lowest BCUT2D eigenvalue weighted by Crippen LogP contribution is -2.20. The van der Waals surface area contributed by atoms with Gasteiger partial charge in [-0.3, -0.25) is 15.3 Å². The van der Waals surface area contributed by atoms with Crippen molar-refractivity contribution in [1.29, 1.82) is 0 Å². The molecular weight excluding hydrogens is 283 g/mol. The first-order valence-corrected chi connectivity index (χ1v) is 5.83. The van der Waals surface area contributed by atoms with Crippen LogP contribution in [0.3, 0.4) is 0 Å². The summed E-state index contributed by atoms with van der Waals surface area (Å²) in [6, 6.07) is 0.838. The van der Waals surface area contributed by atoms with Crippen molar-refractivity contribution >= 4 is 28.3 Å². The molecule has 0 saturated heterocycles. The highest BCUT2D eigenvalue weighted by Crippen LogP contribution is 2.31. The lowest BCUT2D eigenvalue weighted by Gasteiger charge is -2.02. The second-order valence-corrected chi connectivity index (χ2v) is 4.35. The minimum atomic E-state index is -4.52. The number of carbonyl (C=O) groups excluding carboxylic acids is 1. The average molecular weight is 291 g/mol. The molecule has 6 nitrogen and oxygen atoms in total. The van der Waals surface area contributed by atoms with E-state index >= 15 is 0 Å². The third-order valence-corrected chi connectivity index (χ3v) is 2.73. The number of nitrogens with one attached hydrogen (secondary N) is 2. The zero-order valence-electron chi connectivity index (χ0n) is 9.52. The van der Waals surface area contributed by atoms with Crippen molar-refractivity contribution in [2.24, 2.45) is 7.05 Å². The van der Waals surface area contributed by atoms with E-state index in [4.69, 9.17) is 0 Å². The molecule has 0 aliphatic carbocycles. The predicted molar refractivity (Wildman–Crippen MR) is 63.0 cm³/mol. The molecule has 102 valence electrons. The average Bonchev–Trinajstić information content (AvgIpc) is 2.87. The van der Waals surface area contributed by atoms with Crippen LogP contribution in [-0.4, -0.2) is 20.8 Å². The van der Waals surface area contributed by atoms with Gasteiger partial charge in [0.2, 0.25) is 0 Å². The summed E-state index contributed by atoms with van der Waals surface area (Å²) in [7, 11) is 1.67. The first-order valence-electron chi connectivity index (χ1n) is 4.95. The zero-order valence-corrected chi connectivity index (χ0v) is 10.3. The Labute approximate surface area is 109 Å². The molecule has 0 radical (unpaired) electrons. The molecular formula is C9H8F3N5OS. The van der Waals surface area contributed by atoms with E-state index in [9.17, 15) is 18.0 Å². The maximum Gasteiger partial charge on any atom is 0.434 e. The van der Waals surface area contributed by atoms with E-state index in [2.05, 4.69) is 20.7 Å². The number of rotatable bonds is 2. The fourth-order valence-corrected chi connectivity index (χ4v) is 1.90. The maximum atomic E-state index is 12.3. The summed E-state index contributed by atoms with van der Waals surface area (Å²) in [5.41, 5.74) is -1.04. The largest absolute Gasteiger partial charge is 0.434 e. The topological polar surface area (TPSA) is 71.8 Å². The lowest BCUT2D eigenvalue weighted by atomic mass is 10.5. The van der Waals surface area contributed by atoms with Crippen LogP contribution in [0.4, 0.5) is 28.9 Å². The summed E-state index contributed by atoms with van der Waals surface area (Å²) in [4.78, 5) is 14.7. The van der Waals surface area contributed by atoms with Crippen molar-refractivity contribution < 1.29 is 18.0 Å². The summed E-state index contributed by atoms with van der Waals surface area (Å²) >= 11 is 0.692. The van der Waals surface area contributed by atoms with Gasteiger partial charge in [0.15, 0.2) is 16.6 Å². The Bertz CT molecular complexity index is 591. The van der Waals surface area contributed by atoms with Gasteiger partial charge in [-0.25, -0.2) is 9.78 Å². The number of halogens is 3. The van der Waals surface area contributed by atoms with Crippen LogP contribution in [0.5, 0.6) is 0 Å². The number of hydrogen-bond acceptors (Lipinski definition) is 4. The Hall–Kier alpha value is -2.10. The molecule has 2 N–H and O–H groups in total. The van der Waals surface area contributed by atoms with E-state index in [1.807, 2.05) is 0 Å². The van der Waals surface area contributed by atoms with E-state index < -0.39 is 17.9 Å². The smallest absolute Gasteiger partial charge is 0.291 e. The number of hydrogen-bond donors (Lipinski definition) is 2. The van der Waals surface area contributed by atoms with Gasteiger partial charge in [0.05, 0.1) is 0 Å². The highest BCUT2D eigenvalue weighted by atomic mass is 32.1. The SMILES string of the molecule is Cn1ccc(NC(=O)Nc2nc(C(F)(F)F)cs2)n1. The molecule has 0 spiro atoms. The van der Waals surface area contributed by atoms with Gasteiger partial charge in [-0.2, -0.15) is 18.3 Å². The van der Waals surface area contributed by atoms with Gasteiger partial charge >= 0.3 is 12.2 Å². The van der Waals surface area contributed by atoms with Crippen molar-refractivity contribution in [3.63, 3.8) is 0 Å². The quantitative estimate of drug-likeness (QED) is 0.893. The van der Waals surface area contributed by atoms with Crippen LogP contribution in [0, 0.1) is 0 Å². The van der Waals surface area contributed by atoms with Gasteiger partial charge in [0.25, 0.3) is 0 Å². The first kappa shape index (κ1) is 13.3. The van der Waals surface area contributed by atoms with E-state index in [0.29, 0.717) is 11.3 Å². The van der Waals surface area contributed by atoms with Gasteiger partial charge in [-0.05, 0) is 0 Å². The van der Waals surface area contributed by atoms with Crippen molar-refractivity contribution in [2.75, 3.05) is 10.6 Å². The Balaban J connectivity index is 1.97. The van der Waals surface area contributed by atoms with Crippen molar-refractivity contribution in [2.45, 2.75) is 6.18 Å². The molecule has 2 amide bonds. The van der Waals surface area contributed by atoms with Crippen LogP contribution in [0.25, 0.3) is 0 Å². The number of anilines is 2. The Morgan fingerprint density at radius 1 is 1.42 bits per heavy atom. The van der Waals surface area contributed by atoms with Gasteiger partial charge in [0.1, 0.15) is 0 Å². The van der Waals surface area contributed by atoms with Crippen molar-refractivity contribution in [3.8, 4) is 0 Å². The number of alkyl halides is 3. The number of aryl methyl sites for hydroxylation is 1. The summed E-state index contributed by atoms with van der Waals surface area (Å²) in [5.74, 6) is 0.285. The molecule has 2 aromatic heterocycles. The molecule has 0 bridgehead atoms. The van der Waals surface area contributed by atoms with Gasteiger partial charge in [-0.1, -0.05) is 0 Å². The molecule has 0 atom stereocenters. The van der Waals surface area contributed by atoms with Crippen LogP contribution in [0.1, 0.15) is 5.69 Å². The predicted octanol–water partition coefficient (Wildman–Crippen LogP) is 2.54. The number of thiazole rings is 1. The Kier molecular flexibility index (Phi) is 3.42. The first-order chi connectivity index (χ1) is 8.84. The summed E-state index contributed by atoms with van der Waals surface area (Å²) < 4.78 is 38.3. The van der Waals surface area contributed by atoms with Crippen molar-refractivity contribution in [3.05, 3.63) is 23.3 Å². The summed E-state index contributed by atoms with van der Waals surface area (Å²) in [6.45, 7) is 0. The van der Waals surface area contributed by atoms with Crippen LogP contribution < -0.4 is 10.6 Å². The minimum Gasteiger partial charge on any atom is -0.291 e. The molecule has 10 heteroatoms. The maximum absolute atomic E-state index is 12.3. The number of urea groups is 1. The van der Waals surface area contributed by atoms with Crippen LogP contribution >= 0.6 is 11.3 Å². The number of aromatic nitrogens is 3. The van der Waals surface area contributed by atoms with Crippen LogP contribution in [0.2, 0.25) is 0 Å². The summed E-state index contributed by atoms with van der Waals surface area (Å²) in [5, 5.41) is 9.14. The molecule has 0 unspecified atom stereocenters. The third kappa shape index (κ3) is 3.44. The molecule has 2 rings (SSSR count). The molecule has 0 fully saturated rings. The van der Waals surface area contributed by atoms with E-state index in [1.54, 1.807) is 19.3 Å². The van der Waals surface area contributed by atoms with Crippen LogP contribution in [0.15, 0.2) is 17.6 Å². The van der Waals surface area contributed by atoms with Crippen LogP contribution in [-0.2, 0) is 13.2 Å². The number of nitrogens with zero attached hydrogens (tertiary/aromatic N) is 3. The van der Waals surface area contributed by atoms with E-state index in [0.717, 1.165) is 5.38 Å². The number of amides is 2. The lowest BCUT2D eigenvalue weighted by molar-refractivity contribution is -0.140. The van der Waals surface area contributed by atoms with Crippen molar-refractivity contribution in [1.82, 2.24) is 14.8 Å². The van der Waals surface area contributed by atoms with E-state index in [-0.39, 0.29) is 10.9 Å². The number of carbonyl (C=O) groups is 1. The molecule has 2 aromatic rings. The molecule has 0 aromatic carbocycles. The van der Waals surface area contributed by atoms with Gasteiger partial charge in [-0.15, -0.1) is 11.3 Å².